The molecule has 20 heavy (non-hydrogen) atoms. The molecule has 0 aliphatic rings. The highest BCUT2D eigenvalue weighted by Crippen LogP contribution is 2.19. The number of hydrogen-bond donors (Lipinski definition) is 2. The third-order valence-corrected chi connectivity index (χ3v) is 3.79. The van der Waals surface area contributed by atoms with Crippen LogP contribution >= 0.6 is 0 Å². The van der Waals surface area contributed by atoms with Gasteiger partial charge in [0.05, 0.1) is 5.60 Å². The first kappa shape index (κ1) is 17.0. The Labute approximate surface area is 123 Å². The molecular weight excluding hydrogens is 250 g/mol. The van der Waals surface area contributed by atoms with Gasteiger partial charge in [0.1, 0.15) is 12.4 Å². The van der Waals surface area contributed by atoms with Crippen LogP contribution in [0.2, 0.25) is 0 Å². The summed E-state index contributed by atoms with van der Waals surface area (Å²) in [6.07, 6.45) is 1.01. The van der Waals surface area contributed by atoms with Crippen molar-refractivity contribution in [2.45, 2.75) is 52.7 Å². The van der Waals surface area contributed by atoms with E-state index in [2.05, 4.69) is 31.3 Å². The molecule has 0 radical (unpaired) electrons. The molecule has 2 atom stereocenters. The average molecular weight is 279 g/mol. The van der Waals surface area contributed by atoms with Crippen LogP contribution in [0.4, 0.5) is 0 Å². The molecule has 2 unspecified atom stereocenters. The van der Waals surface area contributed by atoms with Crippen molar-refractivity contribution in [2.75, 3.05) is 13.2 Å². The summed E-state index contributed by atoms with van der Waals surface area (Å²) in [5.74, 6) is 0.980. The number of benzene rings is 1. The molecule has 1 rings (SSSR count). The Balaban J connectivity index is 2.50. The third kappa shape index (κ3) is 5.51. The molecule has 0 spiro atoms. The number of rotatable bonds is 8. The van der Waals surface area contributed by atoms with E-state index in [0.29, 0.717) is 12.6 Å². The summed E-state index contributed by atoms with van der Waals surface area (Å²) in [6.45, 7) is 11.4. The zero-order valence-electron chi connectivity index (χ0n) is 13.4. The molecule has 0 aliphatic heterocycles. The molecule has 0 aliphatic carbocycles. The number of likely N-dealkylation sites (N-methyl/N-ethyl adjacent to an activating group) is 1. The lowest BCUT2D eigenvalue weighted by molar-refractivity contribution is -0.0266. The Morgan fingerprint density at radius 2 is 1.80 bits per heavy atom. The summed E-state index contributed by atoms with van der Waals surface area (Å²) in [5, 5.41) is 13.6. The first-order valence-electron chi connectivity index (χ1n) is 7.52. The zero-order chi connectivity index (χ0) is 15.2. The predicted molar refractivity (Wildman–Crippen MR) is 84.2 cm³/mol. The van der Waals surface area contributed by atoms with Gasteiger partial charge in [-0.05, 0) is 50.4 Å². The lowest BCUT2D eigenvalue weighted by atomic mass is 9.94. The molecule has 1 aromatic carbocycles. The van der Waals surface area contributed by atoms with Gasteiger partial charge in [-0.15, -0.1) is 0 Å². The Hall–Kier alpha value is -1.06. The monoisotopic (exact) mass is 279 g/mol. The Morgan fingerprint density at radius 1 is 1.20 bits per heavy atom. The molecular formula is C17H29NO2. The quantitative estimate of drug-likeness (QED) is 0.768. The van der Waals surface area contributed by atoms with Gasteiger partial charge in [-0.1, -0.05) is 32.9 Å². The van der Waals surface area contributed by atoms with Gasteiger partial charge < -0.3 is 15.2 Å². The molecule has 2 N–H and O–H groups in total. The Bertz CT molecular complexity index is 384. The van der Waals surface area contributed by atoms with Gasteiger partial charge in [0.2, 0.25) is 0 Å². The van der Waals surface area contributed by atoms with Crippen LogP contribution in [-0.4, -0.2) is 29.9 Å². The lowest BCUT2D eigenvalue weighted by Crippen LogP contribution is -2.37. The molecule has 0 saturated carbocycles. The van der Waals surface area contributed by atoms with Crippen molar-refractivity contribution in [3.63, 3.8) is 0 Å². The van der Waals surface area contributed by atoms with E-state index in [9.17, 15) is 5.11 Å². The van der Waals surface area contributed by atoms with Crippen molar-refractivity contribution in [3.05, 3.63) is 29.8 Å². The van der Waals surface area contributed by atoms with Crippen molar-refractivity contribution >= 4 is 0 Å². The minimum Gasteiger partial charge on any atom is -0.491 e. The third-order valence-electron chi connectivity index (χ3n) is 3.79. The van der Waals surface area contributed by atoms with Crippen LogP contribution in [0.25, 0.3) is 0 Å². The minimum atomic E-state index is -0.793. The van der Waals surface area contributed by atoms with Crippen LogP contribution in [0.15, 0.2) is 24.3 Å². The first-order valence-corrected chi connectivity index (χ1v) is 7.52. The fourth-order valence-corrected chi connectivity index (χ4v) is 1.89. The van der Waals surface area contributed by atoms with Gasteiger partial charge in [0, 0.05) is 6.04 Å². The molecule has 0 bridgehead atoms. The molecule has 0 saturated heterocycles. The Morgan fingerprint density at radius 3 is 2.30 bits per heavy atom. The highest BCUT2D eigenvalue weighted by Gasteiger charge is 2.25. The van der Waals surface area contributed by atoms with Crippen molar-refractivity contribution in [1.29, 1.82) is 0 Å². The summed E-state index contributed by atoms with van der Waals surface area (Å²) in [7, 11) is 0. The normalized spacial score (nSPS) is 15.9. The van der Waals surface area contributed by atoms with Gasteiger partial charge in [0.25, 0.3) is 0 Å². The van der Waals surface area contributed by atoms with Gasteiger partial charge in [0.15, 0.2) is 0 Å². The van der Waals surface area contributed by atoms with E-state index in [-0.39, 0.29) is 5.92 Å². The van der Waals surface area contributed by atoms with Crippen LogP contribution in [0, 0.1) is 5.92 Å². The molecule has 0 fully saturated rings. The van der Waals surface area contributed by atoms with E-state index in [0.717, 1.165) is 18.7 Å². The van der Waals surface area contributed by atoms with Crippen LogP contribution in [-0.2, 0) is 6.42 Å². The second-order valence-electron chi connectivity index (χ2n) is 6.11. The molecule has 114 valence electrons. The molecule has 0 amide bonds. The summed E-state index contributed by atoms with van der Waals surface area (Å²) < 4.78 is 5.67. The highest BCUT2D eigenvalue weighted by atomic mass is 16.5. The second kappa shape index (κ2) is 7.65. The number of hydrogen-bond acceptors (Lipinski definition) is 3. The number of nitrogens with one attached hydrogen (secondary N) is 1. The smallest absolute Gasteiger partial charge is 0.119 e. The van der Waals surface area contributed by atoms with Gasteiger partial charge >= 0.3 is 0 Å². The van der Waals surface area contributed by atoms with Crippen molar-refractivity contribution in [1.82, 2.24) is 5.32 Å². The number of ether oxygens (including phenoxy) is 1. The van der Waals surface area contributed by atoms with Gasteiger partial charge in [-0.2, -0.15) is 0 Å². The predicted octanol–water partition coefficient (Wildman–Crippen LogP) is 3.01. The van der Waals surface area contributed by atoms with Gasteiger partial charge in [-0.3, -0.25) is 0 Å². The standard InChI is InChI=1S/C17H29NO2/c1-6-18-14(4)11-15-7-9-16(10-8-15)20-12-17(5,19)13(2)3/h7-10,13-14,18-19H,6,11-12H2,1-5H3. The van der Waals surface area contributed by atoms with Crippen LogP contribution in [0.1, 0.15) is 40.2 Å². The largest absolute Gasteiger partial charge is 0.491 e. The van der Waals surface area contributed by atoms with E-state index in [1.165, 1.54) is 5.56 Å². The zero-order valence-corrected chi connectivity index (χ0v) is 13.4. The summed E-state index contributed by atoms with van der Waals surface area (Å²) in [5.41, 5.74) is 0.500. The van der Waals surface area contributed by atoms with Gasteiger partial charge in [-0.25, -0.2) is 0 Å². The average Bonchev–Trinajstić information content (AvgIpc) is 2.38. The van der Waals surface area contributed by atoms with E-state index in [4.69, 9.17) is 4.74 Å². The first-order chi connectivity index (χ1) is 9.35. The summed E-state index contributed by atoms with van der Waals surface area (Å²) in [4.78, 5) is 0. The van der Waals surface area contributed by atoms with Crippen molar-refractivity contribution < 1.29 is 9.84 Å². The highest BCUT2D eigenvalue weighted by molar-refractivity contribution is 5.27. The molecule has 1 aromatic rings. The maximum absolute atomic E-state index is 10.2. The van der Waals surface area contributed by atoms with E-state index >= 15 is 0 Å². The lowest BCUT2D eigenvalue weighted by Gasteiger charge is -2.27. The molecule has 3 heteroatoms. The van der Waals surface area contributed by atoms with Crippen molar-refractivity contribution in [2.24, 2.45) is 5.92 Å². The maximum Gasteiger partial charge on any atom is 0.119 e. The molecule has 0 aromatic heterocycles. The second-order valence-corrected chi connectivity index (χ2v) is 6.11. The molecule has 0 heterocycles. The van der Waals surface area contributed by atoms with E-state index in [1.807, 2.05) is 32.9 Å². The maximum atomic E-state index is 10.2. The summed E-state index contributed by atoms with van der Waals surface area (Å²) in [6, 6.07) is 8.61. The van der Waals surface area contributed by atoms with Crippen LogP contribution in [0.5, 0.6) is 5.75 Å². The summed E-state index contributed by atoms with van der Waals surface area (Å²) >= 11 is 0. The van der Waals surface area contributed by atoms with E-state index in [1.54, 1.807) is 0 Å². The molecule has 3 nitrogen and oxygen atoms in total. The minimum absolute atomic E-state index is 0.169. The van der Waals surface area contributed by atoms with E-state index < -0.39 is 5.60 Å². The van der Waals surface area contributed by atoms with Crippen molar-refractivity contribution in [3.8, 4) is 5.75 Å². The fourth-order valence-electron chi connectivity index (χ4n) is 1.89. The number of aliphatic hydroxyl groups is 1. The van der Waals surface area contributed by atoms with Crippen LogP contribution < -0.4 is 10.1 Å². The SMILES string of the molecule is CCNC(C)Cc1ccc(OCC(C)(O)C(C)C)cc1. The van der Waals surface area contributed by atoms with Crippen LogP contribution in [0.3, 0.4) is 0 Å². The topological polar surface area (TPSA) is 41.5 Å². The Kier molecular flexibility index (Phi) is 6.50. The fraction of sp³-hybridized carbons (Fsp3) is 0.647.